The van der Waals surface area contributed by atoms with Gasteiger partial charge in [-0.05, 0) is 74.1 Å². The van der Waals surface area contributed by atoms with Gasteiger partial charge in [0.25, 0.3) is 11.8 Å². The number of fused-ring (bicyclic) bond motifs is 2. The van der Waals surface area contributed by atoms with Crippen LogP contribution in [0.1, 0.15) is 28.4 Å². The number of para-hydroxylation sites is 2. The number of methoxy groups -OCH3 is 1. The smallest absolute Gasteiger partial charge is 0.258 e. The van der Waals surface area contributed by atoms with Gasteiger partial charge in [-0.25, -0.2) is 0 Å². The number of carbonyl (C=O) groups is 3. The van der Waals surface area contributed by atoms with Crippen LogP contribution in [-0.2, 0) is 16.1 Å². The lowest BCUT2D eigenvalue weighted by molar-refractivity contribution is -0.128. The van der Waals surface area contributed by atoms with Gasteiger partial charge in [-0.15, -0.1) is 0 Å². The Hall–Kier alpha value is -4.21. The van der Waals surface area contributed by atoms with Crippen molar-refractivity contribution in [3.8, 4) is 5.75 Å². The van der Waals surface area contributed by atoms with Gasteiger partial charge in [0.05, 0.1) is 37.6 Å². The number of benzene rings is 4. The Kier molecular flexibility index (Phi) is 8.61. The molecule has 9 heteroatoms. The fourth-order valence-corrected chi connectivity index (χ4v) is 5.57. The largest absolute Gasteiger partial charge is 0.496 e. The maximum absolute atomic E-state index is 14.4. The van der Waals surface area contributed by atoms with Crippen molar-refractivity contribution in [3.05, 3.63) is 100 Å². The fraction of sp³-hybridized carbons (Fsp3) is 0.242. The van der Waals surface area contributed by atoms with Crippen LogP contribution in [0.4, 0.5) is 11.4 Å². The molecule has 3 amide bonds. The highest BCUT2D eigenvalue weighted by Crippen LogP contribution is 2.38. The number of amides is 3. The minimum absolute atomic E-state index is 0.0269. The highest BCUT2D eigenvalue weighted by atomic mass is 79.9. The van der Waals surface area contributed by atoms with Crippen molar-refractivity contribution in [2.24, 2.45) is 0 Å². The quantitative estimate of drug-likeness (QED) is 0.293. The summed E-state index contributed by atoms with van der Waals surface area (Å²) in [5.74, 6) is -0.284. The standard InChI is InChI=1S/C33H33BrN4O4/c1-20-9-11-22(12-10-20)32(40)38-19-27(36-31(39)21(2)35-3)33(41)37(28-7-5-6-8-29(28)38)18-26-25-15-14-24(34)17-23(25)13-16-30(26)42-4/h5-17,21,27,35H,18-19H2,1-4H3,(H,36,39)/t21-,27-/m0/s1. The number of hydrogen-bond acceptors (Lipinski definition) is 5. The van der Waals surface area contributed by atoms with E-state index in [1.54, 1.807) is 43.0 Å². The van der Waals surface area contributed by atoms with Crippen molar-refractivity contribution in [2.75, 3.05) is 30.5 Å². The topological polar surface area (TPSA) is 91.0 Å². The van der Waals surface area contributed by atoms with Crippen LogP contribution in [-0.4, -0.2) is 50.5 Å². The lowest BCUT2D eigenvalue weighted by atomic mass is 10.0. The molecule has 0 spiro atoms. The van der Waals surface area contributed by atoms with E-state index in [9.17, 15) is 14.4 Å². The minimum Gasteiger partial charge on any atom is -0.496 e. The number of nitrogens with one attached hydrogen (secondary N) is 2. The Labute approximate surface area is 253 Å². The molecule has 1 aliphatic rings. The number of aryl methyl sites for hydroxylation is 1. The molecule has 5 rings (SSSR count). The summed E-state index contributed by atoms with van der Waals surface area (Å²) >= 11 is 3.55. The number of anilines is 2. The SMILES string of the molecule is CN[C@@H](C)C(=O)N[C@H]1CN(C(=O)c2ccc(C)cc2)c2ccccc2N(Cc2c(OC)ccc3cc(Br)ccc23)C1=O. The van der Waals surface area contributed by atoms with Crippen molar-refractivity contribution in [1.29, 1.82) is 0 Å². The predicted octanol–water partition coefficient (Wildman–Crippen LogP) is 5.21. The second kappa shape index (κ2) is 12.3. The van der Waals surface area contributed by atoms with E-state index in [-0.39, 0.29) is 30.8 Å². The number of rotatable bonds is 7. The van der Waals surface area contributed by atoms with Crippen LogP contribution in [0.2, 0.25) is 0 Å². The molecule has 0 aromatic heterocycles. The zero-order valence-electron chi connectivity index (χ0n) is 24.0. The fourth-order valence-electron chi connectivity index (χ4n) is 5.19. The van der Waals surface area contributed by atoms with Crippen LogP contribution < -0.4 is 25.2 Å². The molecule has 4 aromatic rings. The van der Waals surface area contributed by atoms with Crippen LogP contribution >= 0.6 is 15.9 Å². The molecule has 0 saturated heterocycles. The first-order valence-corrected chi connectivity index (χ1v) is 14.5. The van der Waals surface area contributed by atoms with Crippen LogP contribution in [0.15, 0.2) is 83.3 Å². The van der Waals surface area contributed by atoms with Crippen LogP contribution in [0.25, 0.3) is 10.8 Å². The first kappa shape index (κ1) is 29.3. The van der Waals surface area contributed by atoms with E-state index < -0.39 is 12.1 Å². The van der Waals surface area contributed by atoms with E-state index >= 15 is 0 Å². The lowest BCUT2D eigenvalue weighted by Crippen LogP contribution is -2.55. The molecule has 42 heavy (non-hydrogen) atoms. The first-order chi connectivity index (χ1) is 20.2. The third-order valence-electron chi connectivity index (χ3n) is 7.67. The molecular formula is C33H33BrN4O4. The van der Waals surface area contributed by atoms with Gasteiger partial charge in [0.2, 0.25) is 5.91 Å². The molecule has 2 atom stereocenters. The Morgan fingerprint density at radius 3 is 2.43 bits per heavy atom. The average Bonchev–Trinajstić information content (AvgIpc) is 3.11. The van der Waals surface area contributed by atoms with Gasteiger partial charge in [0.15, 0.2) is 0 Å². The minimum atomic E-state index is -0.995. The van der Waals surface area contributed by atoms with Crippen LogP contribution in [0, 0.1) is 6.92 Å². The molecule has 0 fully saturated rings. The Morgan fingerprint density at radius 1 is 1.02 bits per heavy atom. The van der Waals surface area contributed by atoms with Gasteiger partial charge >= 0.3 is 0 Å². The monoisotopic (exact) mass is 628 g/mol. The Balaban J connectivity index is 1.65. The van der Waals surface area contributed by atoms with Crippen LogP contribution in [0.3, 0.4) is 0 Å². The molecule has 0 unspecified atom stereocenters. The van der Waals surface area contributed by atoms with Gasteiger partial charge in [-0.3, -0.25) is 14.4 Å². The molecule has 8 nitrogen and oxygen atoms in total. The molecule has 0 radical (unpaired) electrons. The zero-order valence-corrected chi connectivity index (χ0v) is 25.6. The summed E-state index contributed by atoms with van der Waals surface area (Å²) in [4.78, 5) is 44.7. The van der Waals surface area contributed by atoms with E-state index in [0.29, 0.717) is 22.7 Å². The van der Waals surface area contributed by atoms with Crippen molar-refractivity contribution in [1.82, 2.24) is 10.6 Å². The van der Waals surface area contributed by atoms with Crippen molar-refractivity contribution in [3.63, 3.8) is 0 Å². The summed E-state index contributed by atoms with van der Waals surface area (Å²) in [6.07, 6.45) is 0. The average molecular weight is 630 g/mol. The van der Waals surface area contributed by atoms with E-state index in [1.807, 2.05) is 73.7 Å². The predicted molar refractivity (Wildman–Crippen MR) is 169 cm³/mol. The van der Waals surface area contributed by atoms with E-state index in [4.69, 9.17) is 4.74 Å². The third-order valence-corrected chi connectivity index (χ3v) is 8.16. The molecule has 0 aliphatic carbocycles. The maximum Gasteiger partial charge on any atom is 0.258 e. The van der Waals surface area contributed by atoms with Crippen molar-refractivity contribution >= 4 is 55.8 Å². The molecule has 0 bridgehead atoms. The molecular weight excluding hydrogens is 596 g/mol. The second-order valence-corrected chi connectivity index (χ2v) is 11.3. The summed E-state index contributed by atoms with van der Waals surface area (Å²) in [6.45, 7) is 3.82. The number of ether oxygens (including phenoxy) is 1. The number of carbonyl (C=O) groups excluding carboxylic acids is 3. The summed E-state index contributed by atoms with van der Waals surface area (Å²) in [5.41, 5.74) is 3.49. The highest BCUT2D eigenvalue weighted by Gasteiger charge is 2.38. The lowest BCUT2D eigenvalue weighted by Gasteiger charge is -2.27. The maximum atomic E-state index is 14.4. The molecule has 1 heterocycles. The van der Waals surface area contributed by atoms with E-state index in [2.05, 4.69) is 26.6 Å². The normalized spacial score (nSPS) is 15.6. The number of likely N-dealkylation sites (N-methyl/N-ethyl adjacent to an activating group) is 1. The van der Waals surface area contributed by atoms with Gasteiger partial charge in [0.1, 0.15) is 11.8 Å². The number of halogens is 1. The van der Waals surface area contributed by atoms with Gasteiger partial charge in [-0.2, -0.15) is 0 Å². The van der Waals surface area contributed by atoms with Crippen LogP contribution in [0.5, 0.6) is 5.75 Å². The van der Waals surface area contributed by atoms with Crippen molar-refractivity contribution < 1.29 is 19.1 Å². The molecule has 216 valence electrons. The second-order valence-electron chi connectivity index (χ2n) is 10.4. The zero-order chi connectivity index (χ0) is 30.0. The van der Waals surface area contributed by atoms with E-state index in [0.717, 1.165) is 26.4 Å². The molecule has 4 aromatic carbocycles. The Bertz CT molecular complexity index is 1660. The summed E-state index contributed by atoms with van der Waals surface area (Å²) < 4.78 is 6.69. The summed E-state index contributed by atoms with van der Waals surface area (Å²) in [5, 5.41) is 7.74. The first-order valence-electron chi connectivity index (χ1n) is 13.7. The van der Waals surface area contributed by atoms with Crippen molar-refractivity contribution in [2.45, 2.75) is 32.5 Å². The third kappa shape index (κ3) is 5.75. The Morgan fingerprint density at radius 2 is 1.74 bits per heavy atom. The summed E-state index contributed by atoms with van der Waals surface area (Å²) in [7, 11) is 3.28. The van der Waals surface area contributed by atoms with E-state index in [1.165, 1.54) is 0 Å². The van der Waals surface area contributed by atoms with Gasteiger partial charge in [-0.1, -0.05) is 57.9 Å². The number of nitrogens with zero attached hydrogens (tertiary/aromatic N) is 2. The number of hydrogen-bond donors (Lipinski definition) is 2. The highest BCUT2D eigenvalue weighted by molar-refractivity contribution is 9.10. The van der Waals surface area contributed by atoms with Gasteiger partial charge in [0, 0.05) is 15.6 Å². The summed E-state index contributed by atoms with van der Waals surface area (Å²) in [6, 6.07) is 23.0. The molecule has 1 aliphatic heterocycles. The molecule has 0 saturated carbocycles. The van der Waals surface area contributed by atoms with Gasteiger partial charge < -0.3 is 25.2 Å². The molecule has 2 N–H and O–H groups in total.